The van der Waals surface area contributed by atoms with Gasteiger partial charge in [-0.15, -0.1) is 0 Å². The van der Waals surface area contributed by atoms with Crippen LogP contribution in [0.15, 0.2) is 24.3 Å². The summed E-state index contributed by atoms with van der Waals surface area (Å²) in [6.07, 6.45) is 2.45. The van der Waals surface area contributed by atoms with Gasteiger partial charge in [0.25, 0.3) is 0 Å². The van der Waals surface area contributed by atoms with Crippen LogP contribution in [0.1, 0.15) is 37.3 Å². The molecule has 2 N–H and O–H groups in total. The van der Waals surface area contributed by atoms with E-state index in [2.05, 4.69) is 5.32 Å². The maximum Gasteiger partial charge on any atom is 0.319 e. The Morgan fingerprint density at radius 3 is 2.75 bits per heavy atom. The number of ether oxygens (including phenoxy) is 1. The second-order valence-corrected chi connectivity index (χ2v) is 5.44. The van der Waals surface area contributed by atoms with Crippen LogP contribution in [-0.2, 0) is 9.59 Å². The van der Waals surface area contributed by atoms with Crippen LogP contribution in [0.5, 0.6) is 5.75 Å². The number of carboxylic acids is 1. The highest BCUT2D eigenvalue weighted by molar-refractivity contribution is 6.05. The molecule has 1 aromatic rings. The third-order valence-electron chi connectivity index (χ3n) is 4.09. The number of fused-ring (bicyclic) bond motifs is 1. The van der Waals surface area contributed by atoms with Gasteiger partial charge < -0.3 is 15.2 Å². The van der Waals surface area contributed by atoms with Crippen LogP contribution in [0.25, 0.3) is 0 Å². The number of para-hydroxylation sites is 1. The minimum Gasteiger partial charge on any atom is -0.493 e. The fourth-order valence-corrected chi connectivity index (χ4v) is 2.63. The summed E-state index contributed by atoms with van der Waals surface area (Å²) in [6.45, 7) is 0.619. The molecule has 1 aliphatic carbocycles. The minimum absolute atomic E-state index is 0.168. The zero-order chi connectivity index (χ0) is 14.2. The molecule has 5 nitrogen and oxygen atoms in total. The second-order valence-electron chi connectivity index (χ2n) is 5.44. The molecule has 1 heterocycles. The predicted molar refractivity (Wildman–Crippen MR) is 71.4 cm³/mol. The SMILES string of the molecule is O=C(O)C1(C(=O)NC2CCCOc3ccccc32)CC1. The van der Waals surface area contributed by atoms with E-state index in [1.54, 1.807) is 0 Å². The molecule has 0 saturated heterocycles. The van der Waals surface area contributed by atoms with E-state index in [4.69, 9.17) is 9.84 Å². The fraction of sp³-hybridized carbons (Fsp3) is 0.467. The Labute approximate surface area is 116 Å². The Hall–Kier alpha value is -2.04. The Kier molecular flexibility index (Phi) is 3.12. The van der Waals surface area contributed by atoms with Crippen LogP contribution in [0.4, 0.5) is 0 Å². The monoisotopic (exact) mass is 275 g/mol. The number of carbonyl (C=O) groups is 2. The average Bonchev–Trinajstić information content (AvgIpc) is 3.24. The van der Waals surface area contributed by atoms with Crippen molar-refractivity contribution in [3.8, 4) is 5.75 Å². The smallest absolute Gasteiger partial charge is 0.319 e. The Morgan fingerprint density at radius 2 is 2.05 bits per heavy atom. The summed E-state index contributed by atoms with van der Waals surface area (Å²) < 4.78 is 5.64. The van der Waals surface area contributed by atoms with Gasteiger partial charge in [-0.25, -0.2) is 0 Å². The molecule has 106 valence electrons. The highest BCUT2D eigenvalue weighted by atomic mass is 16.5. The Morgan fingerprint density at radius 1 is 1.30 bits per heavy atom. The quantitative estimate of drug-likeness (QED) is 0.826. The van der Waals surface area contributed by atoms with Gasteiger partial charge in [0.2, 0.25) is 5.91 Å². The minimum atomic E-state index is -1.19. The first-order valence-electron chi connectivity index (χ1n) is 6.89. The summed E-state index contributed by atoms with van der Waals surface area (Å²) in [7, 11) is 0. The summed E-state index contributed by atoms with van der Waals surface area (Å²) in [5.74, 6) is -0.615. The van der Waals surface area contributed by atoms with E-state index < -0.39 is 11.4 Å². The van der Waals surface area contributed by atoms with Crippen LogP contribution in [0.3, 0.4) is 0 Å². The molecule has 3 rings (SSSR count). The predicted octanol–water partition coefficient (Wildman–Crippen LogP) is 1.88. The van der Waals surface area contributed by atoms with Crippen LogP contribution in [0.2, 0.25) is 0 Å². The molecule has 0 spiro atoms. The van der Waals surface area contributed by atoms with Gasteiger partial charge in [0.15, 0.2) is 0 Å². The van der Waals surface area contributed by atoms with Crippen molar-refractivity contribution in [2.45, 2.75) is 31.7 Å². The molecule has 0 aromatic heterocycles. The van der Waals surface area contributed by atoms with Crippen LogP contribution in [0, 0.1) is 5.41 Å². The Balaban J connectivity index is 1.81. The van der Waals surface area contributed by atoms with Gasteiger partial charge in [-0.3, -0.25) is 9.59 Å². The number of rotatable bonds is 3. The van der Waals surface area contributed by atoms with Gasteiger partial charge >= 0.3 is 5.97 Å². The molecule has 1 saturated carbocycles. The van der Waals surface area contributed by atoms with Gasteiger partial charge in [-0.2, -0.15) is 0 Å². The first-order chi connectivity index (χ1) is 9.63. The molecular weight excluding hydrogens is 258 g/mol. The third kappa shape index (κ3) is 2.13. The van der Waals surface area contributed by atoms with Crippen LogP contribution >= 0.6 is 0 Å². The first-order valence-corrected chi connectivity index (χ1v) is 6.89. The highest BCUT2D eigenvalue weighted by Crippen LogP contribution is 2.47. The summed E-state index contributed by atoms with van der Waals surface area (Å²) in [6, 6.07) is 7.42. The van der Waals surface area contributed by atoms with Crippen molar-refractivity contribution in [1.29, 1.82) is 0 Å². The van der Waals surface area contributed by atoms with E-state index in [1.807, 2.05) is 24.3 Å². The maximum absolute atomic E-state index is 12.2. The van der Waals surface area contributed by atoms with Crippen molar-refractivity contribution in [3.63, 3.8) is 0 Å². The van der Waals surface area contributed by atoms with Crippen molar-refractivity contribution in [2.75, 3.05) is 6.61 Å². The van der Waals surface area contributed by atoms with Crippen molar-refractivity contribution in [1.82, 2.24) is 5.32 Å². The van der Waals surface area contributed by atoms with E-state index in [0.717, 1.165) is 24.2 Å². The molecule has 1 unspecified atom stereocenters. The third-order valence-corrected chi connectivity index (χ3v) is 4.09. The lowest BCUT2D eigenvalue weighted by molar-refractivity contribution is -0.149. The van der Waals surface area contributed by atoms with Crippen LogP contribution in [-0.4, -0.2) is 23.6 Å². The van der Waals surface area contributed by atoms with E-state index in [9.17, 15) is 9.59 Å². The highest BCUT2D eigenvalue weighted by Gasteiger charge is 2.57. The molecule has 20 heavy (non-hydrogen) atoms. The number of carbonyl (C=O) groups excluding carboxylic acids is 1. The zero-order valence-electron chi connectivity index (χ0n) is 11.1. The summed E-state index contributed by atoms with van der Waals surface area (Å²) >= 11 is 0. The van der Waals surface area contributed by atoms with Gasteiger partial charge in [0.05, 0.1) is 12.6 Å². The number of amides is 1. The molecular formula is C15H17NO4. The van der Waals surface area contributed by atoms with Crippen molar-refractivity contribution in [2.24, 2.45) is 5.41 Å². The lowest BCUT2D eigenvalue weighted by atomic mass is 9.99. The molecule has 1 atom stereocenters. The number of hydrogen-bond acceptors (Lipinski definition) is 3. The van der Waals surface area contributed by atoms with Crippen molar-refractivity contribution >= 4 is 11.9 Å². The summed E-state index contributed by atoms with van der Waals surface area (Å²) in [5, 5.41) is 12.1. The second kappa shape index (κ2) is 4.81. The number of aliphatic carboxylic acids is 1. The van der Waals surface area contributed by atoms with E-state index in [0.29, 0.717) is 19.4 Å². The average molecular weight is 275 g/mol. The molecule has 1 aromatic carbocycles. The van der Waals surface area contributed by atoms with E-state index in [1.165, 1.54) is 0 Å². The molecule has 0 bridgehead atoms. The topological polar surface area (TPSA) is 75.6 Å². The number of hydrogen-bond donors (Lipinski definition) is 2. The fourth-order valence-electron chi connectivity index (χ4n) is 2.63. The molecule has 1 aliphatic heterocycles. The van der Waals surface area contributed by atoms with Crippen LogP contribution < -0.4 is 10.1 Å². The largest absolute Gasteiger partial charge is 0.493 e. The molecule has 5 heteroatoms. The van der Waals surface area contributed by atoms with Gasteiger partial charge in [0.1, 0.15) is 11.2 Å². The van der Waals surface area contributed by atoms with E-state index >= 15 is 0 Å². The van der Waals surface area contributed by atoms with Crippen molar-refractivity contribution < 1.29 is 19.4 Å². The maximum atomic E-state index is 12.2. The first kappa shape index (κ1) is 13.0. The number of nitrogens with one attached hydrogen (secondary N) is 1. The molecule has 2 aliphatic rings. The lowest BCUT2D eigenvalue weighted by Gasteiger charge is -2.20. The number of benzene rings is 1. The summed E-state index contributed by atoms with van der Waals surface area (Å²) in [4.78, 5) is 23.4. The molecule has 0 radical (unpaired) electrons. The summed E-state index contributed by atoms with van der Waals surface area (Å²) in [5.41, 5.74) is -0.262. The number of carboxylic acid groups (broad SMARTS) is 1. The van der Waals surface area contributed by atoms with Crippen molar-refractivity contribution in [3.05, 3.63) is 29.8 Å². The molecule has 1 amide bonds. The standard InChI is InChI=1S/C15H17NO4/c17-13(15(7-8-15)14(18)19)16-11-5-3-9-20-12-6-2-1-4-10(11)12/h1-2,4,6,11H,3,5,7-9H2,(H,16,17)(H,18,19). The van der Waals surface area contributed by atoms with E-state index in [-0.39, 0.29) is 11.9 Å². The van der Waals surface area contributed by atoms with Gasteiger partial charge in [0, 0.05) is 5.56 Å². The normalized spacial score (nSPS) is 22.9. The molecule has 1 fully saturated rings. The van der Waals surface area contributed by atoms with Gasteiger partial charge in [-0.1, -0.05) is 18.2 Å². The lowest BCUT2D eigenvalue weighted by Crippen LogP contribution is -2.39. The van der Waals surface area contributed by atoms with Gasteiger partial charge in [-0.05, 0) is 31.7 Å². The zero-order valence-corrected chi connectivity index (χ0v) is 11.1. The Bertz CT molecular complexity index is 551.